The Morgan fingerprint density at radius 2 is 1.60 bits per heavy atom. The zero-order chi connectivity index (χ0) is 18.1. The number of hydrogen-bond acceptors (Lipinski definition) is 4. The van der Waals surface area contributed by atoms with Gasteiger partial charge in [-0.05, 0) is 97.6 Å². The molecule has 1 amide bonds. The Labute approximate surface area is 151 Å². The first-order chi connectivity index (χ1) is 11.8. The van der Waals surface area contributed by atoms with Gasteiger partial charge in [-0.3, -0.25) is 4.79 Å². The number of rotatable bonds is 2. The van der Waals surface area contributed by atoms with Crippen molar-refractivity contribution in [3.8, 4) is 5.75 Å². The predicted molar refractivity (Wildman–Crippen MR) is 104 cm³/mol. The number of phenolic OH excluding ortho intramolecular Hbond substituents is 1. The molecular formula is C20H20N2O2S. The first kappa shape index (κ1) is 17.3. The van der Waals surface area contributed by atoms with E-state index in [1.165, 1.54) is 11.8 Å². The van der Waals surface area contributed by atoms with Gasteiger partial charge in [0.15, 0.2) is 5.17 Å². The van der Waals surface area contributed by atoms with Crippen molar-refractivity contribution in [3.05, 3.63) is 63.1 Å². The highest BCUT2D eigenvalue weighted by Crippen LogP contribution is 2.30. The second kappa shape index (κ2) is 6.76. The lowest BCUT2D eigenvalue weighted by Gasteiger charge is -2.05. The summed E-state index contributed by atoms with van der Waals surface area (Å²) in [6.07, 6.45) is 1.82. The number of carbonyl (C=O) groups is 1. The van der Waals surface area contributed by atoms with Crippen LogP contribution in [0, 0.1) is 27.7 Å². The second-order valence-corrected chi connectivity index (χ2v) is 7.36. The van der Waals surface area contributed by atoms with Crippen LogP contribution in [0.4, 0.5) is 5.69 Å². The molecule has 0 aromatic heterocycles. The molecule has 5 heteroatoms. The van der Waals surface area contributed by atoms with Gasteiger partial charge in [-0.15, -0.1) is 0 Å². The third-order valence-corrected chi connectivity index (χ3v) is 4.81. The van der Waals surface area contributed by atoms with Crippen molar-refractivity contribution in [2.24, 2.45) is 4.99 Å². The fraction of sp³-hybridized carbons (Fsp3) is 0.200. The number of aliphatic imine (C=N–C) groups is 1. The summed E-state index contributed by atoms with van der Waals surface area (Å²) in [5.74, 6) is 0.138. The van der Waals surface area contributed by atoms with Crippen molar-refractivity contribution in [3.63, 3.8) is 0 Å². The zero-order valence-electron chi connectivity index (χ0n) is 14.7. The Kier molecular flexibility index (Phi) is 4.68. The summed E-state index contributed by atoms with van der Waals surface area (Å²) < 4.78 is 0. The Bertz CT molecular complexity index is 886. The first-order valence-corrected chi connectivity index (χ1v) is 8.81. The van der Waals surface area contributed by atoms with Gasteiger partial charge in [0.05, 0.1) is 10.6 Å². The third-order valence-electron chi connectivity index (χ3n) is 3.90. The van der Waals surface area contributed by atoms with E-state index >= 15 is 0 Å². The molecule has 1 aliphatic rings. The molecule has 0 aliphatic carbocycles. The number of amides is 1. The van der Waals surface area contributed by atoms with Crippen LogP contribution in [0.5, 0.6) is 5.75 Å². The summed E-state index contributed by atoms with van der Waals surface area (Å²) >= 11 is 1.32. The molecule has 25 heavy (non-hydrogen) atoms. The molecule has 2 N–H and O–H groups in total. The van der Waals surface area contributed by atoms with E-state index in [1.54, 1.807) is 0 Å². The molecule has 1 saturated heterocycles. The van der Waals surface area contributed by atoms with Gasteiger partial charge in [-0.1, -0.05) is 6.07 Å². The van der Waals surface area contributed by atoms with Crippen LogP contribution in [0.3, 0.4) is 0 Å². The van der Waals surface area contributed by atoms with Crippen LogP contribution >= 0.6 is 11.8 Å². The largest absolute Gasteiger partial charge is 0.507 e. The minimum atomic E-state index is -0.156. The molecule has 1 aliphatic heterocycles. The lowest BCUT2D eigenvalue weighted by Crippen LogP contribution is -2.19. The Morgan fingerprint density at radius 1 is 1.00 bits per heavy atom. The van der Waals surface area contributed by atoms with Crippen molar-refractivity contribution in [1.82, 2.24) is 5.32 Å². The average molecular weight is 352 g/mol. The van der Waals surface area contributed by atoms with E-state index in [0.29, 0.717) is 15.8 Å². The van der Waals surface area contributed by atoms with Gasteiger partial charge in [-0.25, -0.2) is 4.99 Å². The molecule has 0 atom stereocenters. The number of nitrogens with zero attached hydrogens (tertiary/aromatic N) is 1. The maximum Gasteiger partial charge on any atom is 0.264 e. The van der Waals surface area contributed by atoms with E-state index in [0.717, 1.165) is 33.5 Å². The number of benzene rings is 2. The van der Waals surface area contributed by atoms with E-state index < -0.39 is 0 Å². The number of hydrogen-bond donors (Lipinski definition) is 2. The van der Waals surface area contributed by atoms with Crippen LogP contribution in [-0.2, 0) is 4.79 Å². The van der Waals surface area contributed by atoms with Crippen LogP contribution in [0.25, 0.3) is 6.08 Å². The average Bonchev–Trinajstić information content (AvgIpc) is 2.83. The number of phenols is 1. The van der Waals surface area contributed by atoms with Gasteiger partial charge >= 0.3 is 0 Å². The minimum Gasteiger partial charge on any atom is -0.507 e. The van der Waals surface area contributed by atoms with Crippen molar-refractivity contribution < 1.29 is 9.90 Å². The maximum atomic E-state index is 12.2. The van der Waals surface area contributed by atoms with Crippen LogP contribution in [0.1, 0.15) is 27.8 Å². The molecule has 0 spiro atoms. The smallest absolute Gasteiger partial charge is 0.264 e. The van der Waals surface area contributed by atoms with Gasteiger partial charge in [0.1, 0.15) is 5.75 Å². The first-order valence-electron chi connectivity index (χ1n) is 8.00. The number of thioether (sulfide) groups is 1. The van der Waals surface area contributed by atoms with Crippen molar-refractivity contribution in [2.75, 3.05) is 0 Å². The molecule has 2 aromatic rings. The van der Waals surface area contributed by atoms with E-state index in [1.807, 2.05) is 58.0 Å². The molecule has 0 saturated carbocycles. The monoisotopic (exact) mass is 352 g/mol. The SMILES string of the molecule is Cc1cc(C)cc(N=C2NC(=O)C(=Cc3cc(C)c(O)c(C)c3)S2)c1. The Balaban J connectivity index is 1.88. The molecule has 4 nitrogen and oxygen atoms in total. The summed E-state index contributed by atoms with van der Waals surface area (Å²) in [6.45, 7) is 7.74. The standard InChI is InChI=1S/C20H20N2O2S/c1-11-5-12(2)7-16(6-11)21-20-22-19(24)17(25-20)10-15-8-13(3)18(23)14(4)9-15/h5-10,23H,1-4H3,(H,21,22,24). The van der Waals surface area contributed by atoms with Crippen molar-refractivity contribution in [1.29, 1.82) is 0 Å². The highest BCUT2D eigenvalue weighted by molar-refractivity contribution is 8.18. The quantitative estimate of drug-likeness (QED) is 0.781. The molecule has 1 heterocycles. The van der Waals surface area contributed by atoms with Gasteiger partial charge in [-0.2, -0.15) is 0 Å². The molecule has 0 unspecified atom stereocenters. The van der Waals surface area contributed by atoms with Gasteiger partial charge in [0.2, 0.25) is 0 Å². The molecule has 0 bridgehead atoms. The molecule has 1 fully saturated rings. The molecular weight excluding hydrogens is 332 g/mol. The minimum absolute atomic E-state index is 0.156. The van der Waals surface area contributed by atoms with Crippen LogP contribution in [0.2, 0.25) is 0 Å². The normalized spacial score (nSPS) is 17.4. The topological polar surface area (TPSA) is 61.7 Å². The number of carbonyl (C=O) groups excluding carboxylic acids is 1. The summed E-state index contributed by atoms with van der Waals surface area (Å²) in [4.78, 5) is 17.3. The highest BCUT2D eigenvalue weighted by atomic mass is 32.2. The predicted octanol–water partition coefficient (Wildman–Crippen LogP) is 4.52. The Morgan fingerprint density at radius 3 is 2.20 bits per heavy atom. The number of aryl methyl sites for hydroxylation is 4. The maximum absolute atomic E-state index is 12.2. The number of nitrogens with one attached hydrogen (secondary N) is 1. The number of aromatic hydroxyl groups is 1. The fourth-order valence-electron chi connectivity index (χ4n) is 2.84. The van der Waals surface area contributed by atoms with Crippen molar-refractivity contribution >= 4 is 34.6 Å². The van der Waals surface area contributed by atoms with E-state index in [4.69, 9.17) is 0 Å². The van der Waals surface area contributed by atoms with Gasteiger partial charge < -0.3 is 10.4 Å². The zero-order valence-corrected chi connectivity index (χ0v) is 15.5. The van der Waals surface area contributed by atoms with Gasteiger partial charge in [0, 0.05) is 0 Å². The molecule has 3 rings (SSSR count). The molecule has 2 aromatic carbocycles. The summed E-state index contributed by atoms with van der Waals surface area (Å²) in [5.41, 5.74) is 5.58. The van der Waals surface area contributed by atoms with Crippen LogP contribution in [-0.4, -0.2) is 16.2 Å². The lowest BCUT2D eigenvalue weighted by molar-refractivity contribution is -0.115. The van der Waals surface area contributed by atoms with Crippen LogP contribution < -0.4 is 5.32 Å². The summed E-state index contributed by atoms with van der Waals surface area (Å²) in [5, 5.41) is 13.3. The molecule has 128 valence electrons. The summed E-state index contributed by atoms with van der Waals surface area (Å²) in [6, 6.07) is 9.79. The second-order valence-electron chi connectivity index (χ2n) is 6.33. The number of amidine groups is 1. The highest BCUT2D eigenvalue weighted by Gasteiger charge is 2.24. The Hall–Kier alpha value is -2.53. The van der Waals surface area contributed by atoms with E-state index in [2.05, 4.69) is 16.4 Å². The van der Waals surface area contributed by atoms with Crippen LogP contribution in [0.15, 0.2) is 40.2 Å². The molecule has 0 radical (unpaired) electrons. The summed E-state index contributed by atoms with van der Waals surface area (Å²) in [7, 11) is 0. The van der Waals surface area contributed by atoms with Gasteiger partial charge in [0.25, 0.3) is 5.91 Å². The van der Waals surface area contributed by atoms with Crippen molar-refractivity contribution in [2.45, 2.75) is 27.7 Å². The van der Waals surface area contributed by atoms with E-state index in [9.17, 15) is 9.90 Å². The van der Waals surface area contributed by atoms with E-state index in [-0.39, 0.29) is 5.91 Å². The third kappa shape index (κ3) is 3.94. The lowest BCUT2D eigenvalue weighted by atomic mass is 10.1. The fourth-order valence-corrected chi connectivity index (χ4v) is 3.68.